The number of hydrogen-bond acceptors (Lipinski definition) is 5. The number of nitrogens with zero attached hydrogens (tertiary/aromatic N) is 1. The summed E-state index contributed by atoms with van der Waals surface area (Å²) in [4.78, 5) is 16.3. The van der Waals surface area contributed by atoms with Crippen molar-refractivity contribution in [1.82, 2.24) is 10.3 Å². The monoisotopic (exact) mass is 421 g/mol. The fourth-order valence-corrected chi connectivity index (χ4v) is 5.56. The van der Waals surface area contributed by atoms with E-state index in [2.05, 4.69) is 15.6 Å². The van der Waals surface area contributed by atoms with E-state index in [4.69, 9.17) is 0 Å². The number of rotatable bonds is 6. The standard InChI is InChI=1S/C19H20FN3O3S2/c1-12(2)11-28(25,26)19-23-16-8-7-15(9-17(16)27-19)22-18(24)21-10-13-3-5-14(20)6-4-13/h3-9,12H,10-11H2,1-2H3,(H2,21,22,24). The molecule has 2 aromatic carbocycles. The summed E-state index contributed by atoms with van der Waals surface area (Å²) >= 11 is 1.09. The second-order valence-electron chi connectivity index (χ2n) is 6.77. The van der Waals surface area contributed by atoms with Gasteiger partial charge >= 0.3 is 6.03 Å². The fourth-order valence-electron chi connectivity index (χ4n) is 2.58. The van der Waals surface area contributed by atoms with Crippen LogP contribution in [0.4, 0.5) is 14.9 Å². The van der Waals surface area contributed by atoms with Gasteiger partial charge in [0.2, 0.25) is 14.2 Å². The summed E-state index contributed by atoms with van der Waals surface area (Å²) in [5.74, 6) is -0.274. The van der Waals surface area contributed by atoms with Gasteiger partial charge in [0.1, 0.15) is 5.82 Å². The van der Waals surface area contributed by atoms with E-state index in [-0.39, 0.29) is 28.4 Å². The summed E-state index contributed by atoms with van der Waals surface area (Å²) in [5, 5.41) is 5.39. The highest BCUT2D eigenvalue weighted by Crippen LogP contribution is 2.29. The topological polar surface area (TPSA) is 88.2 Å². The number of nitrogens with one attached hydrogen (secondary N) is 2. The van der Waals surface area contributed by atoms with Crippen LogP contribution in [-0.4, -0.2) is 25.2 Å². The molecular formula is C19H20FN3O3S2. The third kappa shape index (κ3) is 5.05. The minimum atomic E-state index is -3.42. The average Bonchev–Trinajstić information content (AvgIpc) is 3.04. The largest absolute Gasteiger partial charge is 0.334 e. The van der Waals surface area contributed by atoms with Gasteiger partial charge in [-0.15, -0.1) is 11.3 Å². The van der Waals surface area contributed by atoms with E-state index >= 15 is 0 Å². The molecule has 0 bridgehead atoms. The van der Waals surface area contributed by atoms with Crippen LogP contribution < -0.4 is 10.6 Å². The van der Waals surface area contributed by atoms with Crippen LogP contribution in [0.15, 0.2) is 46.8 Å². The highest BCUT2D eigenvalue weighted by Gasteiger charge is 2.21. The van der Waals surface area contributed by atoms with Gasteiger partial charge in [0.25, 0.3) is 0 Å². The van der Waals surface area contributed by atoms with Crippen molar-refractivity contribution in [2.75, 3.05) is 11.1 Å². The lowest BCUT2D eigenvalue weighted by Gasteiger charge is -2.07. The van der Waals surface area contributed by atoms with Crippen LogP contribution >= 0.6 is 11.3 Å². The zero-order valence-electron chi connectivity index (χ0n) is 15.4. The number of carbonyl (C=O) groups excluding carboxylic acids is 1. The number of urea groups is 1. The molecular weight excluding hydrogens is 401 g/mol. The molecule has 0 atom stereocenters. The molecule has 2 amide bonds. The van der Waals surface area contributed by atoms with Crippen molar-refractivity contribution < 1.29 is 17.6 Å². The summed E-state index contributed by atoms with van der Waals surface area (Å²) in [7, 11) is -3.42. The molecule has 28 heavy (non-hydrogen) atoms. The quantitative estimate of drug-likeness (QED) is 0.625. The Bertz CT molecular complexity index is 1090. The second kappa shape index (κ2) is 8.24. The van der Waals surface area contributed by atoms with Crippen molar-refractivity contribution in [1.29, 1.82) is 0 Å². The molecule has 0 unspecified atom stereocenters. The van der Waals surface area contributed by atoms with Crippen molar-refractivity contribution in [3.63, 3.8) is 0 Å². The highest BCUT2D eigenvalue weighted by molar-refractivity contribution is 7.93. The van der Waals surface area contributed by atoms with Crippen LogP contribution in [0.5, 0.6) is 0 Å². The normalized spacial score (nSPS) is 11.7. The van der Waals surface area contributed by atoms with Crippen molar-refractivity contribution in [3.05, 3.63) is 53.8 Å². The summed E-state index contributed by atoms with van der Waals surface area (Å²) < 4.78 is 38.4. The lowest BCUT2D eigenvalue weighted by atomic mass is 10.2. The number of sulfone groups is 1. The number of amides is 2. The van der Waals surface area contributed by atoms with Gasteiger partial charge in [-0.25, -0.2) is 22.6 Å². The number of anilines is 1. The van der Waals surface area contributed by atoms with Crippen LogP contribution in [0.1, 0.15) is 19.4 Å². The first-order valence-electron chi connectivity index (χ1n) is 8.65. The molecule has 3 rings (SSSR count). The maximum Gasteiger partial charge on any atom is 0.319 e. The number of aromatic nitrogens is 1. The van der Waals surface area contributed by atoms with Crippen LogP contribution in [0.3, 0.4) is 0 Å². The number of hydrogen-bond donors (Lipinski definition) is 2. The predicted octanol–water partition coefficient (Wildman–Crippen LogP) is 4.19. The Labute approximate surface area is 166 Å². The number of carbonyl (C=O) groups is 1. The molecule has 0 saturated carbocycles. The molecule has 0 aliphatic rings. The number of thiazole rings is 1. The van der Waals surface area contributed by atoms with Gasteiger partial charge in [-0.1, -0.05) is 26.0 Å². The van der Waals surface area contributed by atoms with E-state index in [1.807, 2.05) is 13.8 Å². The van der Waals surface area contributed by atoms with Crippen LogP contribution in [-0.2, 0) is 16.4 Å². The Hall–Kier alpha value is -2.52. The van der Waals surface area contributed by atoms with Crippen LogP contribution in [0, 0.1) is 11.7 Å². The van der Waals surface area contributed by atoms with E-state index in [0.29, 0.717) is 15.9 Å². The van der Waals surface area contributed by atoms with Gasteiger partial charge < -0.3 is 10.6 Å². The van der Waals surface area contributed by atoms with Gasteiger partial charge in [-0.2, -0.15) is 0 Å². The maximum atomic E-state index is 12.9. The molecule has 148 valence electrons. The fraction of sp³-hybridized carbons (Fsp3) is 0.263. The first-order chi connectivity index (χ1) is 13.2. The third-order valence-corrected chi connectivity index (χ3v) is 7.37. The molecule has 0 fully saturated rings. The van der Waals surface area contributed by atoms with Crippen LogP contribution in [0.25, 0.3) is 10.2 Å². The lowest BCUT2D eigenvalue weighted by Crippen LogP contribution is -2.28. The Kier molecular flexibility index (Phi) is 5.95. The van der Waals surface area contributed by atoms with Gasteiger partial charge in [-0.05, 0) is 41.8 Å². The van der Waals surface area contributed by atoms with Gasteiger partial charge in [0, 0.05) is 12.2 Å². The zero-order valence-corrected chi connectivity index (χ0v) is 17.0. The smallest absolute Gasteiger partial charge is 0.319 e. The summed E-state index contributed by atoms with van der Waals surface area (Å²) in [6.07, 6.45) is 0. The molecule has 6 nitrogen and oxygen atoms in total. The molecule has 3 aromatic rings. The average molecular weight is 422 g/mol. The molecule has 0 radical (unpaired) electrons. The molecule has 0 saturated heterocycles. The van der Waals surface area contributed by atoms with E-state index in [1.54, 1.807) is 30.3 Å². The summed E-state index contributed by atoms with van der Waals surface area (Å²) in [6.45, 7) is 3.95. The van der Waals surface area contributed by atoms with Gasteiger partial charge in [0.15, 0.2) is 0 Å². The third-order valence-electron chi connectivity index (χ3n) is 3.81. The van der Waals surface area contributed by atoms with E-state index in [0.717, 1.165) is 16.9 Å². The van der Waals surface area contributed by atoms with E-state index in [9.17, 15) is 17.6 Å². The molecule has 0 aliphatic heterocycles. The predicted molar refractivity (Wildman–Crippen MR) is 109 cm³/mol. The summed E-state index contributed by atoms with van der Waals surface area (Å²) in [6, 6.07) is 10.5. The maximum absolute atomic E-state index is 12.9. The Morgan fingerprint density at radius 3 is 2.57 bits per heavy atom. The molecule has 1 heterocycles. The highest BCUT2D eigenvalue weighted by atomic mass is 32.2. The molecule has 1 aromatic heterocycles. The van der Waals surface area contributed by atoms with Crippen molar-refractivity contribution in [2.24, 2.45) is 5.92 Å². The Balaban J connectivity index is 1.68. The SMILES string of the molecule is CC(C)CS(=O)(=O)c1nc2ccc(NC(=O)NCc3ccc(F)cc3)cc2s1. The van der Waals surface area contributed by atoms with Crippen molar-refractivity contribution in [2.45, 2.75) is 24.7 Å². The van der Waals surface area contributed by atoms with Gasteiger partial charge in [-0.3, -0.25) is 0 Å². The molecule has 0 aliphatic carbocycles. The van der Waals surface area contributed by atoms with Crippen LogP contribution in [0.2, 0.25) is 0 Å². The number of fused-ring (bicyclic) bond motifs is 1. The van der Waals surface area contributed by atoms with Crippen molar-refractivity contribution in [3.8, 4) is 0 Å². The van der Waals surface area contributed by atoms with Crippen molar-refractivity contribution >= 4 is 43.1 Å². The Morgan fingerprint density at radius 1 is 1.18 bits per heavy atom. The molecule has 2 N–H and O–H groups in total. The van der Waals surface area contributed by atoms with Gasteiger partial charge in [0.05, 0.1) is 16.0 Å². The molecule has 0 spiro atoms. The zero-order chi connectivity index (χ0) is 20.3. The minimum absolute atomic E-state index is 0.0130. The molecule has 9 heteroatoms. The first-order valence-corrected chi connectivity index (χ1v) is 11.1. The number of halogens is 1. The first kappa shape index (κ1) is 20.2. The van der Waals surface area contributed by atoms with E-state index < -0.39 is 15.9 Å². The Morgan fingerprint density at radius 2 is 1.89 bits per heavy atom. The van der Waals surface area contributed by atoms with E-state index in [1.165, 1.54) is 12.1 Å². The lowest BCUT2D eigenvalue weighted by molar-refractivity contribution is 0.251. The summed E-state index contributed by atoms with van der Waals surface area (Å²) in [5.41, 5.74) is 1.87. The second-order valence-corrected chi connectivity index (χ2v) is 10.0. The number of benzene rings is 2. The minimum Gasteiger partial charge on any atom is -0.334 e.